The number of aliphatic hydroxyl groups is 2. The number of nitrogens with two attached hydrogens (primary N) is 1. The molecule has 1 fully saturated rings. The van der Waals surface area contributed by atoms with Crippen LogP contribution in [0, 0.1) is 29.6 Å². The largest absolute Gasteiger partial charge is 0.396 e. The molecule has 0 spiro atoms. The van der Waals surface area contributed by atoms with Crippen LogP contribution in [0.5, 0.6) is 0 Å². The number of halogens is 4. The summed E-state index contributed by atoms with van der Waals surface area (Å²) in [5.74, 6) is -3.90. The molecule has 1 aliphatic carbocycles. The van der Waals surface area contributed by atoms with Crippen molar-refractivity contribution < 1.29 is 37.3 Å². The van der Waals surface area contributed by atoms with Crippen LogP contribution in [0.25, 0.3) is 0 Å². The van der Waals surface area contributed by atoms with Gasteiger partial charge in [-0.25, -0.2) is 9.18 Å². The number of nitrogens with one attached hydrogen (secondary N) is 1. The van der Waals surface area contributed by atoms with Gasteiger partial charge in [0.25, 0.3) is 5.56 Å². The maximum absolute atomic E-state index is 14.6. The van der Waals surface area contributed by atoms with E-state index in [1.165, 1.54) is 13.0 Å². The van der Waals surface area contributed by atoms with Gasteiger partial charge in [0.2, 0.25) is 5.91 Å². The highest BCUT2D eigenvalue weighted by Crippen LogP contribution is 2.49. The molecule has 0 bridgehead atoms. The van der Waals surface area contributed by atoms with Crippen LogP contribution in [0.3, 0.4) is 0 Å². The topological polar surface area (TPSA) is 171 Å². The first-order chi connectivity index (χ1) is 18.2. The third kappa shape index (κ3) is 6.00. The van der Waals surface area contributed by atoms with Gasteiger partial charge in [0.1, 0.15) is 23.3 Å². The minimum Gasteiger partial charge on any atom is -0.394 e. The van der Waals surface area contributed by atoms with E-state index in [4.69, 9.17) is 10.5 Å². The molecule has 14 heteroatoms. The number of carbonyl (C=O) groups is 1. The quantitative estimate of drug-likeness (QED) is 0.251. The van der Waals surface area contributed by atoms with Crippen molar-refractivity contribution >= 4 is 5.91 Å². The third-order valence-corrected chi connectivity index (χ3v) is 7.44. The number of primary amides is 1. The number of hydrogen-bond donors (Lipinski definition) is 4. The number of aromatic nitrogens is 2. The van der Waals surface area contributed by atoms with Gasteiger partial charge in [-0.05, 0) is 25.8 Å². The minimum atomic E-state index is -4.93. The number of hydrogen-bond acceptors (Lipinski definition) is 7. The van der Waals surface area contributed by atoms with Crippen molar-refractivity contribution in [1.82, 2.24) is 9.55 Å². The fourth-order valence-corrected chi connectivity index (χ4v) is 5.30. The number of aliphatic hydroxyl groups excluding tert-OH is 2. The maximum Gasteiger partial charge on any atom is 0.396 e. The lowest BCUT2D eigenvalue weighted by atomic mass is 9.74. The predicted molar refractivity (Wildman–Crippen MR) is 128 cm³/mol. The number of carbonyl (C=O) groups excluding carboxylic acids is 1. The van der Waals surface area contributed by atoms with Crippen LogP contribution in [0.15, 0.2) is 39.3 Å². The van der Waals surface area contributed by atoms with Crippen molar-refractivity contribution in [2.75, 3.05) is 6.61 Å². The second kappa shape index (κ2) is 11.4. The van der Waals surface area contributed by atoms with E-state index in [0.29, 0.717) is 4.57 Å². The minimum absolute atomic E-state index is 0.0609. The Morgan fingerprint density at radius 1 is 1.33 bits per heavy atom. The van der Waals surface area contributed by atoms with Crippen molar-refractivity contribution in [3.05, 3.63) is 56.2 Å². The van der Waals surface area contributed by atoms with Crippen molar-refractivity contribution in [2.45, 2.75) is 76.0 Å². The van der Waals surface area contributed by atoms with E-state index in [-0.39, 0.29) is 43.2 Å². The van der Waals surface area contributed by atoms with E-state index in [9.17, 15) is 47.4 Å². The Bertz CT molecular complexity index is 1310. The van der Waals surface area contributed by atoms with Crippen molar-refractivity contribution in [1.29, 1.82) is 5.26 Å². The van der Waals surface area contributed by atoms with Crippen LogP contribution >= 0.6 is 0 Å². The molecule has 1 aromatic heterocycles. The first-order valence-corrected chi connectivity index (χ1v) is 12.3. The van der Waals surface area contributed by atoms with Crippen molar-refractivity contribution in [3.63, 3.8) is 0 Å². The average Bonchev–Trinajstić information content (AvgIpc) is 3.20. The SMILES string of the molecule is Cc1cn([C@@]2(C(CCCCCC3(C#N)CC(C(N)=O)=CC=C3F)C(F)(F)F)C[C@H](O)[C@@H](CO)O2)c(=O)[nH]c1=O. The van der Waals surface area contributed by atoms with Gasteiger partial charge >= 0.3 is 11.9 Å². The summed E-state index contributed by atoms with van der Waals surface area (Å²) in [7, 11) is 0. The molecule has 0 radical (unpaired) electrons. The molecule has 39 heavy (non-hydrogen) atoms. The zero-order valence-electron chi connectivity index (χ0n) is 21.1. The van der Waals surface area contributed by atoms with Crippen LogP contribution in [-0.2, 0) is 15.3 Å². The molecule has 10 nitrogen and oxygen atoms in total. The zero-order valence-corrected chi connectivity index (χ0v) is 21.1. The molecule has 3 rings (SSSR count). The molecule has 1 amide bonds. The highest BCUT2D eigenvalue weighted by molar-refractivity contribution is 5.92. The Balaban J connectivity index is 1.83. The van der Waals surface area contributed by atoms with Crippen molar-refractivity contribution in [2.24, 2.45) is 17.1 Å². The molecule has 2 unspecified atom stereocenters. The first kappa shape index (κ1) is 30.3. The molecule has 5 atom stereocenters. The summed E-state index contributed by atoms with van der Waals surface area (Å²) < 4.78 is 64.2. The van der Waals surface area contributed by atoms with Gasteiger partial charge < -0.3 is 20.7 Å². The number of alkyl halides is 3. The average molecular weight is 559 g/mol. The Hall–Kier alpha value is -3.28. The third-order valence-electron chi connectivity index (χ3n) is 7.44. The van der Waals surface area contributed by atoms with Crippen LogP contribution < -0.4 is 17.0 Å². The van der Waals surface area contributed by atoms with Gasteiger partial charge in [0.05, 0.1) is 18.8 Å². The summed E-state index contributed by atoms with van der Waals surface area (Å²) >= 11 is 0. The molecule has 2 aliphatic rings. The number of ether oxygens (including phenoxy) is 1. The second-order valence-corrected chi connectivity index (χ2v) is 10.0. The van der Waals surface area contributed by atoms with Crippen LogP contribution in [0.4, 0.5) is 17.6 Å². The van der Waals surface area contributed by atoms with Gasteiger partial charge in [-0.15, -0.1) is 0 Å². The number of unbranched alkanes of at least 4 members (excludes halogenated alkanes) is 2. The molecule has 1 saturated heterocycles. The summed E-state index contributed by atoms with van der Waals surface area (Å²) in [6.45, 7) is 0.490. The number of aromatic amines is 1. The van der Waals surface area contributed by atoms with Gasteiger partial charge in [-0.1, -0.05) is 25.3 Å². The molecule has 1 aromatic rings. The monoisotopic (exact) mass is 558 g/mol. The Morgan fingerprint density at radius 3 is 2.59 bits per heavy atom. The van der Waals surface area contributed by atoms with E-state index in [1.807, 2.05) is 11.1 Å². The summed E-state index contributed by atoms with van der Waals surface area (Å²) in [6.07, 6.45) is -6.15. The molecule has 214 valence electrons. The highest BCUT2D eigenvalue weighted by atomic mass is 19.4. The maximum atomic E-state index is 14.6. The zero-order chi connectivity index (χ0) is 29.2. The normalized spacial score (nSPS) is 27.9. The Kier molecular flexibility index (Phi) is 8.88. The van der Waals surface area contributed by atoms with Gasteiger partial charge in [0.15, 0.2) is 5.72 Å². The lowest BCUT2D eigenvalue weighted by Crippen LogP contribution is -2.53. The van der Waals surface area contributed by atoms with Crippen LogP contribution in [0.1, 0.15) is 50.5 Å². The molecule has 1 aliphatic heterocycles. The molecular formula is C25H30F4N4O6. The Labute approximate surface area is 220 Å². The first-order valence-electron chi connectivity index (χ1n) is 12.3. The van der Waals surface area contributed by atoms with E-state index in [0.717, 1.165) is 12.3 Å². The smallest absolute Gasteiger partial charge is 0.394 e. The predicted octanol–water partition coefficient (Wildman–Crippen LogP) is 1.95. The number of H-pyrrole nitrogens is 1. The lowest BCUT2D eigenvalue weighted by Gasteiger charge is -2.39. The molecule has 5 N–H and O–H groups in total. The van der Waals surface area contributed by atoms with E-state index in [1.54, 1.807) is 0 Å². The van der Waals surface area contributed by atoms with Crippen LogP contribution in [0.2, 0.25) is 0 Å². The number of aryl methyl sites for hydroxylation is 1. The fraction of sp³-hybridized carbons (Fsp3) is 0.600. The summed E-state index contributed by atoms with van der Waals surface area (Å²) in [5, 5.41) is 29.5. The number of nitrogens with zero attached hydrogens (tertiary/aromatic N) is 2. The lowest BCUT2D eigenvalue weighted by molar-refractivity contribution is -0.266. The van der Waals surface area contributed by atoms with Gasteiger partial charge in [-0.2, -0.15) is 18.4 Å². The second-order valence-electron chi connectivity index (χ2n) is 10.0. The molecular weight excluding hydrogens is 528 g/mol. The number of amides is 1. The summed E-state index contributed by atoms with van der Waals surface area (Å²) in [4.78, 5) is 38.0. The van der Waals surface area contributed by atoms with Gasteiger partial charge in [0, 0.05) is 30.2 Å². The number of nitriles is 1. The van der Waals surface area contributed by atoms with Crippen LogP contribution in [-0.4, -0.2) is 50.7 Å². The fourth-order valence-electron chi connectivity index (χ4n) is 5.30. The van der Waals surface area contributed by atoms with E-state index >= 15 is 0 Å². The van der Waals surface area contributed by atoms with Gasteiger partial charge in [-0.3, -0.25) is 19.1 Å². The standard InChI is InChI=1S/C25H30F4N4O6/c1-14-11-33(22(38)32-21(14)37)24(10-16(35)17(12-34)39-24)18(25(27,28)29)5-3-2-4-8-23(13-30)9-15(20(31)36)6-7-19(23)26/h6-7,11,16-18,34-35H,2-5,8-10,12H2,1H3,(H2,31,36)(H,32,37,38)/t16-,17+,18?,23?,24-/m0/s1. The highest BCUT2D eigenvalue weighted by Gasteiger charge is 2.61. The summed E-state index contributed by atoms with van der Waals surface area (Å²) in [5.41, 5.74) is -0.815. The summed E-state index contributed by atoms with van der Waals surface area (Å²) in [6, 6.07) is 1.87. The number of rotatable bonds is 10. The Morgan fingerprint density at radius 2 is 2.03 bits per heavy atom. The molecule has 2 heterocycles. The van der Waals surface area contributed by atoms with Crippen molar-refractivity contribution in [3.8, 4) is 6.07 Å². The molecule has 0 saturated carbocycles. The van der Waals surface area contributed by atoms with E-state index < -0.39 is 77.9 Å². The van der Waals surface area contributed by atoms with E-state index in [2.05, 4.69) is 0 Å². The molecule has 0 aromatic carbocycles. The number of allylic oxidation sites excluding steroid dienone is 3.